The van der Waals surface area contributed by atoms with Gasteiger partial charge in [-0.2, -0.15) is 16.9 Å². The molecule has 90 valence electrons. The number of aryl methyl sites for hydroxylation is 2. The Balaban J connectivity index is 2.23. The van der Waals surface area contributed by atoms with Crippen LogP contribution in [0.4, 0.5) is 0 Å². The first kappa shape index (κ1) is 12.3. The molecule has 2 rings (SSSR count). The fraction of sp³-hybridized carbons (Fsp3) is 0.727. The average Bonchev–Trinajstić information content (AvgIpc) is 2.78. The van der Waals surface area contributed by atoms with Gasteiger partial charge >= 0.3 is 0 Å². The second-order valence-electron chi connectivity index (χ2n) is 4.39. The summed E-state index contributed by atoms with van der Waals surface area (Å²) in [6, 6.07) is 0. The van der Waals surface area contributed by atoms with Crippen LogP contribution in [0.5, 0.6) is 0 Å². The van der Waals surface area contributed by atoms with Crippen molar-refractivity contribution in [3.05, 3.63) is 16.4 Å². The third-order valence-corrected chi connectivity index (χ3v) is 4.75. The number of aromatic nitrogens is 2. The highest BCUT2D eigenvalue weighted by Gasteiger charge is 2.34. The van der Waals surface area contributed by atoms with Crippen LogP contribution in [0.25, 0.3) is 0 Å². The molecular weight excluding hydrogens is 244 g/mol. The van der Waals surface area contributed by atoms with Crippen molar-refractivity contribution in [1.29, 1.82) is 0 Å². The van der Waals surface area contributed by atoms with Gasteiger partial charge in [0.2, 0.25) is 0 Å². The molecule has 0 radical (unpaired) electrons. The Morgan fingerprint density at radius 3 is 2.88 bits per heavy atom. The molecule has 5 heteroatoms. The molecule has 1 atom stereocenters. The zero-order valence-electron chi connectivity index (χ0n) is 9.66. The number of hydrogen-bond acceptors (Lipinski definition) is 3. The SMILES string of the molecule is CCc1nn(C)c(CC2(O)CCSC2)c1Cl. The molecule has 0 aromatic carbocycles. The molecule has 0 saturated carbocycles. The van der Waals surface area contributed by atoms with E-state index in [0.717, 1.165) is 40.8 Å². The van der Waals surface area contributed by atoms with Crippen LogP contribution in [-0.2, 0) is 19.9 Å². The minimum Gasteiger partial charge on any atom is -0.389 e. The topological polar surface area (TPSA) is 38.0 Å². The lowest BCUT2D eigenvalue weighted by molar-refractivity contribution is 0.0667. The maximum Gasteiger partial charge on any atom is 0.0850 e. The normalized spacial score (nSPS) is 25.2. The van der Waals surface area contributed by atoms with E-state index < -0.39 is 5.60 Å². The van der Waals surface area contributed by atoms with Crippen molar-refractivity contribution in [1.82, 2.24) is 9.78 Å². The van der Waals surface area contributed by atoms with Crippen LogP contribution in [-0.4, -0.2) is 32.0 Å². The Bertz CT molecular complexity index is 386. The first-order valence-electron chi connectivity index (χ1n) is 5.56. The van der Waals surface area contributed by atoms with Crippen molar-refractivity contribution in [2.45, 2.75) is 31.8 Å². The second-order valence-corrected chi connectivity index (χ2v) is 5.87. The van der Waals surface area contributed by atoms with Gasteiger partial charge in [0.25, 0.3) is 0 Å². The van der Waals surface area contributed by atoms with E-state index >= 15 is 0 Å². The lowest BCUT2D eigenvalue weighted by Crippen LogP contribution is -2.31. The zero-order valence-corrected chi connectivity index (χ0v) is 11.2. The van der Waals surface area contributed by atoms with Crippen molar-refractivity contribution in [3.8, 4) is 0 Å². The summed E-state index contributed by atoms with van der Waals surface area (Å²) in [6.07, 6.45) is 2.29. The summed E-state index contributed by atoms with van der Waals surface area (Å²) in [5.74, 6) is 1.84. The first-order chi connectivity index (χ1) is 7.56. The summed E-state index contributed by atoms with van der Waals surface area (Å²) < 4.78 is 1.81. The smallest absolute Gasteiger partial charge is 0.0850 e. The predicted octanol–water partition coefficient (Wildman–Crippen LogP) is 2.05. The molecule has 1 aliphatic rings. The number of halogens is 1. The molecule has 1 fully saturated rings. The average molecular weight is 261 g/mol. The largest absolute Gasteiger partial charge is 0.389 e. The number of hydrogen-bond donors (Lipinski definition) is 1. The van der Waals surface area contributed by atoms with Gasteiger partial charge in [-0.25, -0.2) is 0 Å². The molecule has 1 aromatic rings. The van der Waals surface area contributed by atoms with Crippen LogP contribution in [0.3, 0.4) is 0 Å². The summed E-state index contributed by atoms with van der Waals surface area (Å²) in [4.78, 5) is 0. The van der Waals surface area contributed by atoms with Crippen molar-refractivity contribution < 1.29 is 5.11 Å². The number of thioether (sulfide) groups is 1. The van der Waals surface area contributed by atoms with E-state index in [2.05, 4.69) is 5.10 Å². The molecule has 1 aliphatic heterocycles. The Hall–Kier alpha value is -0.190. The fourth-order valence-electron chi connectivity index (χ4n) is 2.06. The van der Waals surface area contributed by atoms with E-state index in [9.17, 15) is 5.11 Å². The monoisotopic (exact) mass is 260 g/mol. The number of nitrogens with zero attached hydrogens (tertiary/aromatic N) is 2. The summed E-state index contributed by atoms with van der Waals surface area (Å²) in [7, 11) is 1.89. The zero-order chi connectivity index (χ0) is 11.8. The third-order valence-electron chi connectivity index (χ3n) is 3.08. The maximum absolute atomic E-state index is 10.4. The molecule has 16 heavy (non-hydrogen) atoms. The van der Waals surface area contributed by atoms with Crippen molar-refractivity contribution in [2.75, 3.05) is 11.5 Å². The van der Waals surface area contributed by atoms with Gasteiger partial charge in [-0.3, -0.25) is 4.68 Å². The van der Waals surface area contributed by atoms with Crippen molar-refractivity contribution in [2.24, 2.45) is 7.05 Å². The van der Waals surface area contributed by atoms with Gasteiger partial charge in [0.05, 0.1) is 22.0 Å². The van der Waals surface area contributed by atoms with Gasteiger partial charge < -0.3 is 5.11 Å². The lowest BCUT2D eigenvalue weighted by atomic mass is 9.97. The van der Waals surface area contributed by atoms with Gasteiger partial charge in [-0.15, -0.1) is 0 Å². The summed E-state index contributed by atoms with van der Waals surface area (Å²) >= 11 is 8.07. The highest BCUT2D eigenvalue weighted by molar-refractivity contribution is 7.99. The molecule has 1 unspecified atom stereocenters. The highest BCUT2D eigenvalue weighted by Crippen LogP contribution is 2.33. The minimum atomic E-state index is -0.590. The minimum absolute atomic E-state index is 0.590. The molecule has 1 N–H and O–H groups in total. The highest BCUT2D eigenvalue weighted by atomic mass is 35.5. The Labute approximate surface area is 105 Å². The summed E-state index contributed by atoms with van der Waals surface area (Å²) in [6.45, 7) is 2.04. The molecule has 0 aliphatic carbocycles. The van der Waals surface area contributed by atoms with Crippen molar-refractivity contribution in [3.63, 3.8) is 0 Å². The fourth-order valence-corrected chi connectivity index (χ4v) is 3.71. The molecule has 2 heterocycles. The summed E-state index contributed by atoms with van der Waals surface area (Å²) in [5.41, 5.74) is 1.30. The Morgan fingerprint density at radius 1 is 1.62 bits per heavy atom. The lowest BCUT2D eigenvalue weighted by Gasteiger charge is -2.21. The molecule has 0 spiro atoms. The molecular formula is C11H17ClN2OS. The van der Waals surface area contributed by atoms with Gasteiger partial charge in [-0.1, -0.05) is 18.5 Å². The first-order valence-corrected chi connectivity index (χ1v) is 7.09. The molecule has 3 nitrogen and oxygen atoms in total. The van der Waals surface area contributed by atoms with E-state index in [1.165, 1.54) is 0 Å². The van der Waals surface area contributed by atoms with E-state index in [1.54, 1.807) is 11.8 Å². The molecule has 1 aromatic heterocycles. The van der Waals surface area contributed by atoms with Gasteiger partial charge in [-0.05, 0) is 18.6 Å². The van der Waals surface area contributed by atoms with Crippen LogP contribution in [0.1, 0.15) is 24.7 Å². The Morgan fingerprint density at radius 2 is 2.38 bits per heavy atom. The van der Waals surface area contributed by atoms with E-state index in [1.807, 2.05) is 18.7 Å². The summed E-state index contributed by atoms with van der Waals surface area (Å²) in [5, 5.41) is 15.5. The second kappa shape index (κ2) is 4.59. The number of rotatable bonds is 3. The standard InChI is InChI=1S/C11H17ClN2OS/c1-3-8-10(12)9(14(2)13-8)6-11(15)4-5-16-7-11/h15H,3-7H2,1-2H3. The van der Waals surface area contributed by atoms with Crippen LogP contribution < -0.4 is 0 Å². The van der Waals surface area contributed by atoms with Crippen LogP contribution in [0.2, 0.25) is 5.02 Å². The van der Waals surface area contributed by atoms with E-state index in [0.29, 0.717) is 6.42 Å². The number of aliphatic hydroxyl groups is 1. The van der Waals surface area contributed by atoms with E-state index in [4.69, 9.17) is 11.6 Å². The maximum atomic E-state index is 10.4. The molecule has 1 saturated heterocycles. The van der Waals surface area contributed by atoms with Crippen LogP contribution in [0, 0.1) is 0 Å². The third kappa shape index (κ3) is 2.24. The van der Waals surface area contributed by atoms with E-state index in [-0.39, 0.29) is 0 Å². The molecule has 0 amide bonds. The Kier molecular flexibility index (Phi) is 3.52. The van der Waals surface area contributed by atoms with Crippen LogP contribution >= 0.6 is 23.4 Å². The van der Waals surface area contributed by atoms with Gasteiger partial charge in [0.15, 0.2) is 0 Å². The van der Waals surface area contributed by atoms with Crippen LogP contribution in [0.15, 0.2) is 0 Å². The van der Waals surface area contributed by atoms with Gasteiger partial charge in [0, 0.05) is 19.2 Å². The quantitative estimate of drug-likeness (QED) is 0.904. The molecule has 0 bridgehead atoms. The van der Waals surface area contributed by atoms with Crippen molar-refractivity contribution >= 4 is 23.4 Å². The predicted molar refractivity (Wildman–Crippen MR) is 68.2 cm³/mol. The van der Waals surface area contributed by atoms with Gasteiger partial charge in [0.1, 0.15) is 0 Å².